The molecule has 1 atom stereocenters. The lowest BCUT2D eigenvalue weighted by Crippen LogP contribution is -2.06. The molecule has 14 heavy (non-hydrogen) atoms. The zero-order valence-electron chi connectivity index (χ0n) is 9.80. The molecule has 0 aliphatic heterocycles. The maximum Gasteiger partial charge on any atom is 0.302 e. The molecule has 0 N–H and O–H groups in total. The molecule has 0 rings (SSSR count). The summed E-state index contributed by atoms with van der Waals surface area (Å²) in [7, 11) is 0. The van der Waals surface area contributed by atoms with E-state index in [0.29, 0.717) is 12.5 Å². The molecule has 0 aromatic rings. The predicted octanol–water partition coefficient (Wildman–Crippen LogP) is 3.32. The predicted molar refractivity (Wildman–Crippen MR) is 59.1 cm³/mol. The highest BCUT2D eigenvalue weighted by molar-refractivity contribution is 5.65. The molecule has 0 aliphatic rings. The zero-order chi connectivity index (χ0) is 11.0. The Morgan fingerprint density at radius 1 is 1.50 bits per heavy atom. The first kappa shape index (κ1) is 13.2. The summed E-state index contributed by atoms with van der Waals surface area (Å²) in [4.78, 5) is 10.5. The summed E-state index contributed by atoms with van der Waals surface area (Å²) in [6.45, 7) is 8.46. The molecular formula is C12H22O2. The number of ether oxygens (including phenoxy) is 1. The summed E-state index contributed by atoms with van der Waals surface area (Å²) in [5, 5.41) is 0. The lowest BCUT2D eigenvalue weighted by Gasteiger charge is -2.12. The van der Waals surface area contributed by atoms with Gasteiger partial charge >= 0.3 is 5.97 Å². The Morgan fingerprint density at radius 3 is 2.57 bits per heavy atom. The highest BCUT2D eigenvalue weighted by Crippen LogP contribution is 2.17. The van der Waals surface area contributed by atoms with Gasteiger partial charge in [-0.15, -0.1) is 0 Å². The fourth-order valence-electron chi connectivity index (χ4n) is 1.42. The van der Waals surface area contributed by atoms with Gasteiger partial charge in [-0.25, -0.2) is 0 Å². The number of hydrogen-bond donors (Lipinski definition) is 0. The quantitative estimate of drug-likeness (QED) is 0.483. The van der Waals surface area contributed by atoms with E-state index in [1.165, 1.54) is 12.5 Å². The number of esters is 1. The van der Waals surface area contributed by atoms with Crippen molar-refractivity contribution in [1.29, 1.82) is 0 Å². The second-order valence-corrected chi connectivity index (χ2v) is 3.74. The summed E-state index contributed by atoms with van der Waals surface area (Å²) >= 11 is 0. The monoisotopic (exact) mass is 198 g/mol. The Hall–Kier alpha value is -0.790. The van der Waals surface area contributed by atoms with Gasteiger partial charge < -0.3 is 4.74 Å². The Morgan fingerprint density at radius 2 is 2.14 bits per heavy atom. The Balaban J connectivity index is 3.64. The third kappa shape index (κ3) is 6.70. The van der Waals surface area contributed by atoms with E-state index in [9.17, 15) is 4.79 Å². The van der Waals surface area contributed by atoms with Gasteiger partial charge in [0.15, 0.2) is 0 Å². The van der Waals surface area contributed by atoms with Gasteiger partial charge in [0.1, 0.15) is 0 Å². The molecule has 0 aromatic carbocycles. The fraction of sp³-hybridized carbons (Fsp3) is 0.750. The molecule has 0 fully saturated rings. The minimum absolute atomic E-state index is 0.182. The average Bonchev–Trinajstić information content (AvgIpc) is 2.13. The van der Waals surface area contributed by atoms with Crippen LogP contribution in [-0.4, -0.2) is 12.6 Å². The summed E-state index contributed by atoms with van der Waals surface area (Å²) in [5.74, 6) is 0.416. The van der Waals surface area contributed by atoms with Crippen LogP contribution in [0.4, 0.5) is 0 Å². The van der Waals surface area contributed by atoms with Gasteiger partial charge in [-0.3, -0.25) is 4.79 Å². The molecule has 0 radical (unpaired) electrons. The number of carbonyl (C=O) groups is 1. The molecule has 2 heteroatoms. The first-order chi connectivity index (χ1) is 6.60. The SMILES string of the molecule is CC=C(CC)CC(C)CCOC(C)=O. The maximum atomic E-state index is 10.5. The molecule has 0 saturated heterocycles. The third-order valence-corrected chi connectivity index (χ3v) is 2.39. The lowest BCUT2D eigenvalue weighted by atomic mass is 9.97. The van der Waals surface area contributed by atoms with Crippen LogP contribution in [0.1, 0.15) is 47.0 Å². The second-order valence-electron chi connectivity index (χ2n) is 3.74. The maximum absolute atomic E-state index is 10.5. The van der Waals surface area contributed by atoms with Crippen molar-refractivity contribution < 1.29 is 9.53 Å². The summed E-state index contributed by atoms with van der Waals surface area (Å²) in [6.07, 6.45) is 5.38. The second kappa shape index (κ2) is 7.60. The number of allylic oxidation sites excluding steroid dienone is 2. The van der Waals surface area contributed by atoms with Gasteiger partial charge in [-0.2, -0.15) is 0 Å². The first-order valence-electron chi connectivity index (χ1n) is 5.37. The number of rotatable bonds is 6. The normalized spacial score (nSPS) is 13.9. The van der Waals surface area contributed by atoms with Crippen LogP contribution in [0.3, 0.4) is 0 Å². The van der Waals surface area contributed by atoms with E-state index in [2.05, 4.69) is 26.8 Å². The Labute approximate surface area is 87.3 Å². The number of hydrogen-bond acceptors (Lipinski definition) is 2. The van der Waals surface area contributed by atoms with Gasteiger partial charge in [0.25, 0.3) is 0 Å². The van der Waals surface area contributed by atoms with Crippen molar-refractivity contribution in [2.75, 3.05) is 6.61 Å². The highest BCUT2D eigenvalue weighted by Gasteiger charge is 2.05. The van der Waals surface area contributed by atoms with Gasteiger partial charge in [0.2, 0.25) is 0 Å². The zero-order valence-corrected chi connectivity index (χ0v) is 9.80. The molecule has 0 heterocycles. The van der Waals surface area contributed by atoms with Gasteiger partial charge in [0.05, 0.1) is 6.61 Å². The Kier molecular flexibility index (Phi) is 7.17. The van der Waals surface area contributed by atoms with Crippen molar-refractivity contribution in [3.8, 4) is 0 Å². The van der Waals surface area contributed by atoms with Crippen LogP contribution in [0.5, 0.6) is 0 Å². The summed E-state index contributed by atoms with van der Waals surface area (Å²) in [6, 6.07) is 0. The van der Waals surface area contributed by atoms with Gasteiger partial charge in [0, 0.05) is 6.92 Å². The average molecular weight is 198 g/mol. The van der Waals surface area contributed by atoms with Crippen molar-refractivity contribution in [1.82, 2.24) is 0 Å². The van der Waals surface area contributed by atoms with E-state index in [-0.39, 0.29) is 5.97 Å². The van der Waals surface area contributed by atoms with Gasteiger partial charge in [-0.05, 0) is 32.1 Å². The van der Waals surface area contributed by atoms with E-state index >= 15 is 0 Å². The molecule has 0 spiro atoms. The summed E-state index contributed by atoms with van der Waals surface area (Å²) < 4.78 is 4.90. The first-order valence-corrected chi connectivity index (χ1v) is 5.37. The van der Waals surface area contributed by atoms with Crippen LogP contribution in [0.15, 0.2) is 11.6 Å². The number of carbonyl (C=O) groups excluding carboxylic acids is 1. The lowest BCUT2D eigenvalue weighted by molar-refractivity contribution is -0.141. The van der Waals surface area contributed by atoms with Crippen LogP contribution < -0.4 is 0 Å². The smallest absolute Gasteiger partial charge is 0.302 e. The van der Waals surface area contributed by atoms with Crippen molar-refractivity contribution in [2.45, 2.75) is 47.0 Å². The van der Waals surface area contributed by atoms with Crippen molar-refractivity contribution >= 4 is 5.97 Å². The standard InChI is InChI=1S/C12H22O2/c1-5-12(6-2)9-10(3)7-8-14-11(4)13/h5,10H,6-9H2,1-4H3. The van der Waals surface area contributed by atoms with Crippen molar-refractivity contribution in [2.24, 2.45) is 5.92 Å². The van der Waals surface area contributed by atoms with Crippen LogP contribution in [0.2, 0.25) is 0 Å². The van der Waals surface area contributed by atoms with Crippen molar-refractivity contribution in [3.63, 3.8) is 0 Å². The van der Waals surface area contributed by atoms with E-state index < -0.39 is 0 Å². The van der Waals surface area contributed by atoms with Crippen molar-refractivity contribution in [3.05, 3.63) is 11.6 Å². The van der Waals surface area contributed by atoms with E-state index in [1.807, 2.05) is 0 Å². The van der Waals surface area contributed by atoms with Crippen LogP contribution >= 0.6 is 0 Å². The van der Waals surface area contributed by atoms with E-state index in [1.54, 1.807) is 0 Å². The molecule has 1 unspecified atom stereocenters. The molecule has 0 bridgehead atoms. The molecule has 0 amide bonds. The molecular weight excluding hydrogens is 176 g/mol. The minimum atomic E-state index is -0.182. The molecule has 0 aliphatic carbocycles. The third-order valence-electron chi connectivity index (χ3n) is 2.39. The topological polar surface area (TPSA) is 26.3 Å². The molecule has 0 aromatic heterocycles. The van der Waals surface area contributed by atoms with Crippen LogP contribution in [0, 0.1) is 5.92 Å². The molecule has 0 saturated carbocycles. The van der Waals surface area contributed by atoms with Crippen LogP contribution in [-0.2, 0) is 9.53 Å². The van der Waals surface area contributed by atoms with Crippen LogP contribution in [0.25, 0.3) is 0 Å². The molecule has 2 nitrogen and oxygen atoms in total. The minimum Gasteiger partial charge on any atom is -0.466 e. The van der Waals surface area contributed by atoms with Gasteiger partial charge in [-0.1, -0.05) is 25.5 Å². The fourth-order valence-corrected chi connectivity index (χ4v) is 1.42. The molecule has 82 valence electrons. The van der Waals surface area contributed by atoms with E-state index in [0.717, 1.165) is 19.3 Å². The summed E-state index contributed by atoms with van der Waals surface area (Å²) in [5.41, 5.74) is 1.49. The Bertz CT molecular complexity index is 194. The highest BCUT2D eigenvalue weighted by atomic mass is 16.5. The van der Waals surface area contributed by atoms with E-state index in [4.69, 9.17) is 4.74 Å². The largest absolute Gasteiger partial charge is 0.466 e.